The molecule has 1 aromatic rings. The van der Waals surface area contributed by atoms with Gasteiger partial charge in [0.15, 0.2) is 14.6 Å². The normalized spacial score (nSPS) is 33.5. The van der Waals surface area contributed by atoms with Crippen molar-refractivity contribution < 1.29 is 17.9 Å². The van der Waals surface area contributed by atoms with E-state index in [4.69, 9.17) is 4.74 Å². The molecule has 0 spiro atoms. The van der Waals surface area contributed by atoms with E-state index in [1.54, 1.807) is 24.3 Å². The van der Waals surface area contributed by atoms with Crippen molar-refractivity contribution in [1.29, 1.82) is 0 Å². The second kappa shape index (κ2) is 3.82. The highest BCUT2D eigenvalue weighted by atomic mass is 32.2. The number of rotatable bonds is 2. The third-order valence-corrected chi connectivity index (χ3v) is 7.10. The van der Waals surface area contributed by atoms with E-state index < -0.39 is 20.6 Å². The van der Waals surface area contributed by atoms with Crippen molar-refractivity contribution in [2.24, 2.45) is 11.8 Å². The third-order valence-electron chi connectivity index (χ3n) is 4.48. The number of sulfone groups is 1. The Balaban J connectivity index is 2.10. The maximum absolute atomic E-state index is 12.8. The van der Waals surface area contributed by atoms with Gasteiger partial charge in [-0.15, -0.1) is 0 Å². The predicted octanol–water partition coefficient (Wildman–Crippen LogP) is 1.72. The van der Waals surface area contributed by atoms with Crippen molar-refractivity contribution in [3.8, 4) is 0 Å². The fourth-order valence-corrected chi connectivity index (χ4v) is 5.74. The van der Waals surface area contributed by atoms with Crippen molar-refractivity contribution in [2.45, 2.75) is 29.9 Å². The molecular formula is C14H16O4S. The fourth-order valence-electron chi connectivity index (χ4n) is 3.28. The van der Waals surface area contributed by atoms with Gasteiger partial charge in [0.05, 0.1) is 11.5 Å². The van der Waals surface area contributed by atoms with Gasteiger partial charge in [0, 0.05) is 0 Å². The van der Waals surface area contributed by atoms with Crippen LogP contribution in [0.3, 0.4) is 0 Å². The highest BCUT2D eigenvalue weighted by molar-refractivity contribution is 7.94. The Morgan fingerprint density at radius 2 is 1.89 bits per heavy atom. The highest BCUT2D eigenvalue weighted by Gasteiger charge is 2.77. The van der Waals surface area contributed by atoms with E-state index in [-0.39, 0.29) is 16.7 Å². The van der Waals surface area contributed by atoms with Gasteiger partial charge < -0.3 is 4.74 Å². The number of ether oxygens (including phenoxy) is 1. The average molecular weight is 280 g/mol. The zero-order valence-corrected chi connectivity index (χ0v) is 11.7. The van der Waals surface area contributed by atoms with Gasteiger partial charge in [-0.1, -0.05) is 24.6 Å². The molecule has 2 fully saturated rings. The van der Waals surface area contributed by atoms with E-state index in [0.717, 1.165) is 5.56 Å². The molecule has 0 amide bonds. The first-order valence-corrected chi connectivity index (χ1v) is 7.89. The fraction of sp³-hybridized carbons (Fsp3) is 0.500. The van der Waals surface area contributed by atoms with E-state index in [9.17, 15) is 13.2 Å². The number of hydrogen-bond donors (Lipinski definition) is 0. The lowest BCUT2D eigenvalue weighted by molar-refractivity contribution is -0.147. The van der Waals surface area contributed by atoms with Crippen LogP contribution in [0.25, 0.3) is 0 Å². The van der Waals surface area contributed by atoms with Gasteiger partial charge in [-0.3, -0.25) is 4.79 Å². The molecule has 0 bridgehead atoms. The maximum atomic E-state index is 12.8. The molecule has 102 valence electrons. The molecule has 5 heteroatoms. The first-order valence-electron chi connectivity index (χ1n) is 6.41. The topological polar surface area (TPSA) is 60.4 Å². The van der Waals surface area contributed by atoms with Gasteiger partial charge >= 0.3 is 5.97 Å². The van der Waals surface area contributed by atoms with E-state index in [1.807, 2.05) is 13.8 Å². The highest BCUT2D eigenvalue weighted by Crippen LogP contribution is 2.61. The van der Waals surface area contributed by atoms with Crippen LogP contribution >= 0.6 is 0 Å². The molecule has 0 radical (unpaired) electrons. The van der Waals surface area contributed by atoms with E-state index in [0.29, 0.717) is 13.0 Å². The second-order valence-corrected chi connectivity index (χ2v) is 7.58. The number of cyclic esters (lactones) is 1. The Bertz CT molecular complexity index is 632. The summed E-state index contributed by atoms with van der Waals surface area (Å²) in [6.07, 6.45) is 0.637. The van der Waals surface area contributed by atoms with Crippen molar-refractivity contribution in [1.82, 2.24) is 0 Å². The molecular weight excluding hydrogens is 264 g/mol. The van der Waals surface area contributed by atoms with E-state index in [1.165, 1.54) is 0 Å². The average Bonchev–Trinajstić information content (AvgIpc) is 2.99. The number of aryl methyl sites for hydroxylation is 1. The molecule has 1 heterocycles. The first-order chi connectivity index (χ1) is 8.92. The van der Waals surface area contributed by atoms with Crippen LogP contribution in [0, 0.1) is 18.8 Å². The molecule has 19 heavy (non-hydrogen) atoms. The first kappa shape index (κ1) is 12.7. The van der Waals surface area contributed by atoms with Gasteiger partial charge in [0.1, 0.15) is 0 Å². The summed E-state index contributed by atoms with van der Waals surface area (Å²) in [7, 11) is -3.68. The van der Waals surface area contributed by atoms with Crippen molar-refractivity contribution in [3.63, 3.8) is 0 Å². The van der Waals surface area contributed by atoms with Crippen LogP contribution in [0.4, 0.5) is 0 Å². The van der Waals surface area contributed by atoms with Gasteiger partial charge in [-0.25, -0.2) is 8.42 Å². The zero-order valence-electron chi connectivity index (χ0n) is 10.9. The number of fused-ring (bicyclic) bond motifs is 1. The van der Waals surface area contributed by atoms with Crippen molar-refractivity contribution in [2.75, 3.05) is 6.61 Å². The molecule has 1 saturated carbocycles. The minimum atomic E-state index is -3.68. The summed E-state index contributed by atoms with van der Waals surface area (Å²) in [5, 5.41) is 0. The summed E-state index contributed by atoms with van der Waals surface area (Å²) in [6.45, 7) is 4.05. The van der Waals surface area contributed by atoms with Crippen LogP contribution in [0.1, 0.15) is 18.9 Å². The minimum absolute atomic E-state index is 0.0972. The summed E-state index contributed by atoms with van der Waals surface area (Å²) in [5.74, 6) is -0.828. The molecule has 0 aromatic heterocycles. The van der Waals surface area contributed by atoms with Crippen LogP contribution < -0.4 is 0 Å². The van der Waals surface area contributed by atoms with Crippen molar-refractivity contribution in [3.05, 3.63) is 29.8 Å². The van der Waals surface area contributed by atoms with Crippen LogP contribution in [0.2, 0.25) is 0 Å². The smallest absolute Gasteiger partial charge is 0.328 e. The van der Waals surface area contributed by atoms with Crippen molar-refractivity contribution >= 4 is 15.8 Å². The summed E-state index contributed by atoms with van der Waals surface area (Å²) in [5.41, 5.74) is 0.989. The molecule has 2 aliphatic rings. The Hall–Kier alpha value is -1.36. The minimum Gasteiger partial charge on any atom is -0.464 e. The third kappa shape index (κ3) is 1.45. The number of hydrogen-bond acceptors (Lipinski definition) is 4. The largest absolute Gasteiger partial charge is 0.464 e. The summed E-state index contributed by atoms with van der Waals surface area (Å²) < 4.78 is 29.3. The Labute approximate surface area is 112 Å². The van der Waals surface area contributed by atoms with Crippen LogP contribution in [-0.2, 0) is 19.4 Å². The quantitative estimate of drug-likeness (QED) is 0.774. The zero-order chi connectivity index (χ0) is 13.8. The molecule has 1 aromatic carbocycles. The van der Waals surface area contributed by atoms with Gasteiger partial charge in [-0.2, -0.15) is 0 Å². The number of benzene rings is 1. The van der Waals surface area contributed by atoms with E-state index >= 15 is 0 Å². The molecule has 3 rings (SSSR count). The lowest BCUT2D eigenvalue weighted by Crippen LogP contribution is -2.40. The summed E-state index contributed by atoms with van der Waals surface area (Å²) in [4.78, 5) is 12.3. The molecule has 1 aliphatic heterocycles. The summed E-state index contributed by atoms with van der Waals surface area (Å²) >= 11 is 0. The molecule has 4 nitrogen and oxygen atoms in total. The monoisotopic (exact) mass is 280 g/mol. The van der Waals surface area contributed by atoms with Gasteiger partial charge in [0.25, 0.3) is 0 Å². The Morgan fingerprint density at radius 3 is 2.47 bits per heavy atom. The molecule has 1 saturated heterocycles. The lowest BCUT2D eigenvalue weighted by atomic mass is 10.2. The molecule has 1 aliphatic carbocycles. The van der Waals surface area contributed by atoms with Crippen LogP contribution in [-0.4, -0.2) is 25.7 Å². The lowest BCUT2D eigenvalue weighted by Gasteiger charge is -2.21. The van der Waals surface area contributed by atoms with Crippen LogP contribution in [0.15, 0.2) is 29.2 Å². The number of carbonyl (C=O) groups is 1. The maximum Gasteiger partial charge on any atom is 0.328 e. The Morgan fingerprint density at radius 1 is 1.26 bits per heavy atom. The SMILES string of the molecule is Cc1ccc(S(=O)(=O)[C@@]23C(=O)OCC[C@@H]2[C@H]3C)cc1. The molecule has 3 atom stereocenters. The summed E-state index contributed by atoms with van der Waals surface area (Å²) in [6, 6.07) is 6.65. The predicted molar refractivity (Wildman–Crippen MR) is 69.3 cm³/mol. The number of esters is 1. The van der Waals surface area contributed by atoms with Crippen LogP contribution in [0.5, 0.6) is 0 Å². The second-order valence-electron chi connectivity index (χ2n) is 5.43. The molecule has 0 unspecified atom stereocenters. The number of carbonyl (C=O) groups excluding carboxylic acids is 1. The van der Waals surface area contributed by atoms with Gasteiger partial charge in [0.2, 0.25) is 0 Å². The molecule has 0 N–H and O–H groups in total. The standard InChI is InChI=1S/C14H16O4S/c1-9-3-5-11(6-4-9)19(16,17)14-10(2)12(14)7-8-18-13(14)15/h3-6,10,12H,7-8H2,1-2H3/t10-,12-,14-/m1/s1. The van der Waals surface area contributed by atoms with E-state index in [2.05, 4.69) is 0 Å². The van der Waals surface area contributed by atoms with Gasteiger partial charge in [-0.05, 0) is 37.3 Å². The Kier molecular flexibility index (Phi) is 2.55.